The first-order chi connectivity index (χ1) is 10.1. The van der Waals surface area contributed by atoms with Gasteiger partial charge in [0.05, 0.1) is 11.6 Å². The van der Waals surface area contributed by atoms with Gasteiger partial charge in [0.2, 0.25) is 0 Å². The predicted molar refractivity (Wildman–Crippen MR) is 85.8 cm³/mol. The Labute approximate surface area is 134 Å². The number of benzene rings is 1. The summed E-state index contributed by atoms with van der Waals surface area (Å²) < 4.78 is 6.03. The minimum atomic E-state index is 0.0876. The van der Waals surface area contributed by atoms with Crippen molar-refractivity contribution in [3.63, 3.8) is 0 Å². The Hall–Kier alpha value is -1.07. The van der Waals surface area contributed by atoms with Crippen LogP contribution in [0.3, 0.4) is 0 Å². The topological polar surface area (TPSA) is 41.6 Å². The van der Waals surface area contributed by atoms with Crippen molar-refractivity contribution in [1.29, 1.82) is 0 Å². The first kappa shape index (κ1) is 14.9. The second kappa shape index (κ2) is 5.97. The van der Waals surface area contributed by atoms with Crippen LogP contribution in [0, 0.1) is 0 Å². The van der Waals surface area contributed by atoms with Crippen LogP contribution in [0.15, 0.2) is 22.7 Å². The molecule has 1 aromatic carbocycles. The lowest BCUT2D eigenvalue weighted by Gasteiger charge is -2.35. The van der Waals surface area contributed by atoms with Crippen molar-refractivity contribution in [3.8, 4) is 5.75 Å². The third-order valence-electron chi connectivity index (χ3n) is 4.71. The smallest absolute Gasteiger partial charge is 0.253 e. The van der Waals surface area contributed by atoms with Gasteiger partial charge in [-0.2, -0.15) is 0 Å². The lowest BCUT2D eigenvalue weighted by atomic mass is 9.98. The van der Waals surface area contributed by atoms with Crippen molar-refractivity contribution in [3.05, 3.63) is 28.2 Å². The number of amides is 1. The van der Waals surface area contributed by atoms with Crippen LogP contribution in [0.5, 0.6) is 5.75 Å². The number of rotatable bonds is 3. The van der Waals surface area contributed by atoms with Crippen molar-refractivity contribution >= 4 is 21.8 Å². The van der Waals surface area contributed by atoms with Crippen molar-refractivity contribution in [2.45, 2.75) is 43.8 Å². The molecule has 2 bridgehead atoms. The number of hydrogen-bond donors (Lipinski definition) is 1. The van der Waals surface area contributed by atoms with E-state index in [1.165, 1.54) is 12.8 Å². The van der Waals surface area contributed by atoms with Gasteiger partial charge in [0, 0.05) is 30.7 Å². The molecule has 21 heavy (non-hydrogen) atoms. The van der Waals surface area contributed by atoms with Crippen LogP contribution in [0.2, 0.25) is 0 Å². The zero-order valence-electron chi connectivity index (χ0n) is 12.4. The number of fused-ring (bicyclic) bond motifs is 2. The van der Waals surface area contributed by atoms with Gasteiger partial charge >= 0.3 is 0 Å². The lowest BCUT2D eigenvalue weighted by Crippen LogP contribution is -2.48. The molecule has 2 unspecified atom stereocenters. The molecule has 0 aromatic heterocycles. The second-order valence-corrected chi connectivity index (χ2v) is 6.88. The number of hydrogen-bond acceptors (Lipinski definition) is 3. The van der Waals surface area contributed by atoms with Gasteiger partial charge in [-0.15, -0.1) is 0 Å². The maximum Gasteiger partial charge on any atom is 0.253 e. The van der Waals surface area contributed by atoms with Gasteiger partial charge < -0.3 is 15.0 Å². The van der Waals surface area contributed by atoms with E-state index < -0.39 is 0 Å². The largest absolute Gasteiger partial charge is 0.496 e. The summed E-state index contributed by atoms with van der Waals surface area (Å²) in [4.78, 5) is 14.6. The number of ether oxygens (including phenoxy) is 1. The third-order valence-corrected chi connectivity index (χ3v) is 5.33. The molecule has 1 amide bonds. The lowest BCUT2D eigenvalue weighted by molar-refractivity contribution is 0.0681. The zero-order valence-corrected chi connectivity index (χ0v) is 14.0. The van der Waals surface area contributed by atoms with Crippen LogP contribution in [-0.2, 0) is 0 Å². The molecular formula is C16H21BrN2O2. The fourth-order valence-electron chi connectivity index (χ4n) is 3.51. The van der Waals surface area contributed by atoms with E-state index in [0.29, 0.717) is 23.7 Å². The van der Waals surface area contributed by atoms with E-state index in [1.54, 1.807) is 7.11 Å². The Kier molecular flexibility index (Phi) is 4.22. The van der Waals surface area contributed by atoms with Crippen molar-refractivity contribution in [1.82, 2.24) is 10.2 Å². The van der Waals surface area contributed by atoms with Gasteiger partial charge in [-0.1, -0.05) is 0 Å². The number of carbonyl (C=O) groups excluding carboxylic acids is 1. The first-order valence-electron chi connectivity index (χ1n) is 7.45. The number of methoxy groups -OCH3 is 1. The maximum atomic E-state index is 12.7. The third kappa shape index (κ3) is 2.94. The monoisotopic (exact) mass is 352 g/mol. The fraction of sp³-hybridized carbons (Fsp3) is 0.562. The highest BCUT2D eigenvalue weighted by atomic mass is 79.9. The molecule has 0 aliphatic carbocycles. The second-order valence-electron chi connectivity index (χ2n) is 6.03. The molecule has 0 radical (unpaired) electrons. The van der Waals surface area contributed by atoms with E-state index in [9.17, 15) is 4.79 Å². The van der Waals surface area contributed by atoms with Crippen LogP contribution in [0.1, 0.15) is 36.0 Å². The van der Waals surface area contributed by atoms with Gasteiger partial charge in [0.15, 0.2) is 0 Å². The van der Waals surface area contributed by atoms with Gasteiger partial charge in [-0.25, -0.2) is 0 Å². The number of nitrogens with one attached hydrogen (secondary N) is 1. The number of halogens is 1. The van der Waals surface area contributed by atoms with E-state index in [-0.39, 0.29) is 5.91 Å². The average molecular weight is 353 g/mol. The Morgan fingerprint density at radius 3 is 2.57 bits per heavy atom. The highest BCUT2D eigenvalue weighted by Crippen LogP contribution is 2.31. The first-order valence-corrected chi connectivity index (χ1v) is 8.24. The van der Waals surface area contributed by atoms with Crippen LogP contribution in [0.4, 0.5) is 0 Å². The molecule has 1 N–H and O–H groups in total. The number of nitrogens with zero attached hydrogens (tertiary/aromatic N) is 1. The fourth-order valence-corrected chi connectivity index (χ4v) is 4.05. The van der Waals surface area contributed by atoms with E-state index in [2.05, 4.69) is 21.2 Å². The normalized spacial score (nSPS) is 27.5. The summed E-state index contributed by atoms with van der Waals surface area (Å²) in [6.45, 7) is 0. The minimum absolute atomic E-state index is 0.0876. The molecule has 5 heteroatoms. The summed E-state index contributed by atoms with van der Waals surface area (Å²) in [6.07, 6.45) is 4.63. The number of piperidine rings is 1. The summed E-state index contributed by atoms with van der Waals surface area (Å²) in [5.74, 6) is 0.832. The van der Waals surface area contributed by atoms with Crippen LogP contribution in [0.25, 0.3) is 0 Å². The molecule has 2 atom stereocenters. The Balaban J connectivity index is 1.73. The van der Waals surface area contributed by atoms with Crippen molar-refractivity contribution in [2.24, 2.45) is 0 Å². The molecule has 2 aliphatic heterocycles. The van der Waals surface area contributed by atoms with Crippen molar-refractivity contribution in [2.75, 3.05) is 14.2 Å². The molecule has 2 heterocycles. The quantitative estimate of drug-likeness (QED) is 0.909. The van der Waals surface area contributed by atoms with E-state index in [0.717, 1.165) is 23.1 Å². The molecule has 0 spiro atoms. The summed E-state index contributed by atoms with van der Waals surface area (Å²) in [7, 11) is 3.55. The molecule has 4 nitrogen and oxygen atoms in total. The molecule has 3 rings (SSSR count). The molecule has 2 saturated heterocycles. The van der Waals surface area contributed by atoms with Gasteiger partial charge in [-0.05, 0) is 59.8 Å². The standard InChI is InChI=1S/C16H21BrN2O2/c1-19(13-8-11-4-5-12(9-13)18-11)16(20)10-3-6-15(21-2)14(17)7-10/h3,6-7,11-13,18H,4-5,8-9H2,1-2H3. The minimum Gasteiger partial charge on any atom is -0.496 e. The number of carbonyl (C=O) groups is 1. The van der Waals surface area contributed by atoms with Crippen LogP contribution in [-0.4, -0.2) is 43.1 Å². The summed E-state index contributed by atoms with van der Waals surface area (Å²) in [6, 6.07) is 7.03. The summed E-state index contributed by atoms with van der Waals surface area (Å²) >= 11 is 3.44. The zero-order chi connectivity index (χ0) is 15.0. The van der Waals surface area contributed by atoms with Gasteiger partial charge in [0.1, 0.15) is 5.75 Å². The molecular weight excluding hydrogens is 332 g/mol. The summed E-state index contributed by atoms with van der Waals surface area (Å²) in [5, 5.41) is 3.62. The molecule has 1 aromatic rings. The molecule has 2 fully saturated rings. The van der Waals surface area contributed by atoms with Gasteiger partial charge in [0.25, 0.3) is 5.91 Å². The summed E-state index contributed by atoms with van der Waals surface area (Å²) in [5.41, 5.74) is 0.705. The highest BCUT2D eigenvalue weighted by Gasteiger charge is 2.36. The molecule has 114 valence electrons. The Morgan fingerprint density at radius 1 is 1.33 bits per heavy atom. The van der Waals surface area contributed by atoms with Crippen LogP contribution < -0.4 is 10.1 Å². The predicted octanol–water partition coefficient (Wildman–Crippen LogP) is 2.81. The van der Waals surface area contributed by atoms with E-state index in [4.69, 9.17) is 4.74 Å². The average Bonchev–Trinajstić information content (AvgIpc) is 2.84. The highest BCUT2D eigenvalue weighted by molar-refractivity contribution is 9.10. The Morgan fingerprint density at radius 2 is 2.00 bits per heavy atom. The van der Waals surface area contributed by atoms with Gasteiger partial charge in [-0.3, -0.25) is 4.79 Å². The van der Waals surface area contributed by atoms with Crippen LogP contribution >= 0.6 is 15.9 Å². The Bertz CT molecular complexity index is 537. The van der Waals surface area contributed by atoms with Crippen molar-refractivity contribution < 1.29 is 9.53 Å². The molecule has 2 aliphatic rings. The SMILES string of the molecule is COc1ccc(C(=O)N(C)C2CC3CCC(C2)N3)cc1Br. The van der Waals surface area contributed by atoms with E-state index in [1.807, 2.05) is 30.1 Å². The van der Waals surface area contributed by atoms with E-state index >= 15 is 0 Å². The maximum absolute atomic E-state index is 12.7. The molecule has 0 saturated carbocycles.